The van der Waals surface area contributed by atoms with Gasteiger partial charge in [0.2, 0.25) is 11.8 Å². The Labute approximate surface area is 172 Å². The molecular weight excluding hydrogens is 383 g/mol. The van der Waals surface area contributed by atoms with Gasteiger partial charge in [0.1, 0.15) is 5.82 Å². The molecule has 2 aliphatic rings. The van der Waals surface area contributed by atoms with E-state index in [4.69, 9.17) is 0 Å². The van der Waals surface area contributed by atoms with Gasteiger partial charge in [0.15, 0.2) is 0 Å². The molecule has 3 N–H and O–H groups in total. The molecule has 6 nitrogen and oxygen atoms in total. The number of nitrogens with one attached hydrogen (secondary N) is 3. The molecule has 3 unspecified atom stereocenters. The zero-order chi connectivity index (χ0) is 19.2. The lowest BCUT2D eigenvalue weighted by atomic mass is 9.96. The van der Waals surface area contributed by atoms with Gasteiger partial charge < -0.3 is 16.0 Å². The van der Waals surface area contributed by atoms with E-state index in [2.05, 4.69) is 20.9 Å². The molecule has 3 atom stereocenters. The van der Waals surface area contributed by atoms with Crippen LogP contribution in [0.25, 0.3) is 0 Å². The number of nitrogens with zero attached hydrogens (tertiary/aromatic N) is 1. The smallest absolute Gasteiger partial charge is 0.241 e. The third-order valence-electron chi connectivity index (χ3n) is 5.51. The molecule has 0 aliphatic carbocycles. The maximum Gasteiger partial charge on any atom is 0.241 e. The Morgan fingerprint density at radius 1 is 1.32 bits per heavy atom. The number of hydrogen-bond acceptors (Lipinski definition) is 4. The minimum atomic E-state index is -0.369. The third-order valence-corrected chi connectivity index (χ3v) is 5.51. The summed E-state index contributed by atoms with van der Waals surface area (Å²) in [4.78, 5) is 26.8. The Bertz CT molecular complexity index is 669. The van der Waals surface area contributed by atoms with Crippen LogP contribution in [0.4, 0.5) is 10.1 Å². The summed E-state index contributed by atoms with van der Waals surface area (Å²) >= 11 is 0. The second-order valence-electron chi connectivity index (χ2n) is 7.57. The van der Waals surface area contributed by atoms with Crippen molar-refractivity contribution in [3.8, 4) is 0 Å². The van der Waals surface area contributed by atoms with Crippen LogP contribution in [0.15, 0.2) is 24.3 Å². The van der Waals surface area contributed by atoms with Crippen molar-refractivity contribution in [3.05, 3.63) is 30.1 Å². The van der Waals surface area contributed by atoms with Gasteiger partial charge >= 0.3 is 0 Å². The quantitative estimate of drug-likeness (QED) is 0.669. The molecule has 8 heteroatoms. The van der Waals surface area contributed by atoms with Gasteiger partial charge in [-0.05, 0) is 69.8 Å². The van der Waals surface area contributed by atoms with Crippen molar-refractivity contribution < 1.29 is 14.0 Å². The highest BCUT2D eigenvalue weighted by molar-refractivity contribution is 5.94. The van der Waals surface area contributed by atoms with Gasteiger partial charge in [-0.3, -0.25) is 14.5 Å². The molecule has 3 rings (SSSR count). The van der Waals surface area contributed by atoms with E-state index < -0.39 is 0 Å². The number of hydrogen-bond donors (Lipinski definition) is 3. The van der Waals surface area contributed by atoms with Crippen LogP contribution in [-0.2, 0) is 9.59 Å². The van der Waals surface area contributed by atoms with Gasteiger partial charge in [0.05, 0.1) is 12.1 Å². The average Bonchev–Trinajstić information content (AvgIpc) is 3.20. The summed E-state index contributed by atoms with van der Waals surface area (Å²) in [6, 6.07) is 5.57. The SMILES string of the molecule is CC(C(=O)Nc1cccc(F)c1)N1CCCC(CNC(=O)C2CCCN2)C1.Cl. The van der Waals surface area contributed by atoms with E-state index in [-0.39, 0.29) is 42.1 Å². The minimum absolute atomic E-state index is 0. The van der Waals surface area contributed by atoms with Crippen molar-refractivity contribution in [2.24, 2.45) is 5.92 Å². The summed E-state index contributed by atoms with van der Waals surface area (Å²) < 4.78 is 13.3. The van der Waals surface area contributed by atoms with Crippen LogP contribution >= 0.6 is 12.4 Å². The lowest BCUT2D eigenvalue weighted by Gasteiger charge is -2.36. The predicted molar refractivity (Wildman–Crippen MR) is 110 cm³/mol. The van der Waals surface area contributed by atoms with E-state index in [9.17, 15) is 14.0 Å². The number of amides is 2. The molecule has 0 saturated carbocycles. The van der Waals surface area contributed by atoms with Gasteiger partial charge in [0, 0.05) is 18.8 Å². The van der Waals surface area contributed by atoms with Crippen molar-refractivity contribution in [3.63, 3.8) is 0 Å². The molecule has 0 radical (unpaired) electrons. The summed E-state index contributed by atoms with van der Waals surface area (Å²) in [5.74, 6) is -0.0820. The standard InChI is InChI=1S/C20H29FN4O2.ClH/c1-14(19(26)24-17-7-2-6-16(21)11-17)25-10-4-5-15(13-25)12-23-20(27)18-8-3-9-22-18;/h2,6-7,11,14-15,18,22H,3-5,8-10,12-13H2,1H3,(H,23,27)(H,24,26);1H. The predicted octanol–water partition coefficient (Wildman–Crippen LogP) is 2.15. The number of anilines is 1. The van der Waals surface area contributed by atoms with Crippen molar-refractivity contribution >= 4 is 29.9 Å². The van der Waals surface area contributed by atoms with E-state index in [0.29, 0.717) is 18.2 Å². The average molecular weight is 413 g/mol. The molecule has 28 heavy (non-hydrogen) atoms. The molecule has 1 aromatic carbocycles. The van der Waals surface area contributed by atoms with E-state index in [1.54, 1.807) is 12.1 Å². The van der Waals surface area contributed by atoms with Crippen LogP contribution in [0.3, 0.4) is 0 Å². The van der Waals surface area contributed by atoms with Gasteiger partial charge in [-0.15, -0.1) is 12.4 Å². The Morgan fingerprint density at radius 3 is 2.86 bits per heavy atom. The Hall–Kier alpha value is -1.70. The lowest BCUT2D eigenvalue weighted by Crippen LogP contribution is -2.50. The number of rotatable bonds is 6. The second kappa shape index (κ2) is 10.7. The molecule has 2 saturated heterocycles. The van der Waals surface area contributed by atoms with Crippen molar-refractivity contribution in [2.75, 3.05) is 31.5 Å². The van der Waals surface area contributed by atoms with Crippen LogP contribution < -0.4 is 16.0 Å². The van der Waals surface area contributed by atoms with Crippen molar-refractivity contribution in [2.45, 2.75) is 44.7 Å². The summed E-state index contributed by atoms with van der Waals surface area (Å²) in [5, 5.41) is 9.05. The number of benzene rings is 1. The van der Waals surface area contributed by atoms with E-state index in [1.807, 2.05) is 6.92 Å². The lowest BCUT2D eigenvalue weighted by molar-refractivity contribution is -0.124. The summed E-state index contributed by atoms with van der Waals surface area (Å²) in [7, 11) is 0. The highest BCUT2D eigenvalue weighted by Crippen LogP contribution is 2.19. The Morgan fingerprint density at radius 2 is 2.14 bits per heavy atom. The maximum absolute atomic E-state index is 13.3. The first kappa shape index (κ1) is 22.6. The first-order chi connectivity index (χ1) is 13.0. The molecule has 0 spiro atoms. The molecule has 2 amide bonds. The zero-order valence-corrected chi connectivity index (χ0v) is 17.1. The Kier molecular flexibility index (Phi) is 8.66. The summed E-state index contributed by atoms with van der Waals surface area (Å²) in [6.07, 6.45) is 4.00. The zero-order valence-electron chi connectivity index (χ0n) is 16.2. The van der Waals surface area contributed by atoms with E-state index >= 15 is 0 Å². The number of halogens is 2. The van der Waals surface area contributed by atoms with Crippen molar-refractivity contribution in [1.82, 2.24) is 15.5 Å². The van der Waals surface area contributed by atoms with Crippen LogP contribution in [0.1, 0.15) is 32.6 Å². The first-order valence-corrected chi connectivity index (χ1v) is 9.84. The fourth-order valence-corrected chi connectivity index (χ4v) is 3.87. The minimum Gasteiger partial charge on any atom is -0.354 e. The topological polar surface area (TPSA) is 73.5 Å². The van der Waals surface area contributed by atoms with Gasteiger partial charge in [0.25, 0.3) is 0 Å². The van der Waals surface area contributed by atoms with Crippen LogP contribution in [0.2, 0.25) is 0 Å². The number of piperidine rings is 1. The van der Waals surface area contributed by atoms with Crippen LogP contribution in [-0.4, -0.2) is 55.0 Å². The fraction of sp³-hybridized carbons (Fsp3) is 0.600. The summed E-state index contributed by atoms with van der Waals surface area (Å²) in [6.45, 7) is 5.06. The fourth-order valence-electron chi connectivity index (χ4n) is 3.87. The monoisotopic (exact) mass is 412 g/mol. The maximum atomic E-state index is 13.3. The molecule has 1 aromatic rings. The van der Waals surface area contributed by atoms with Gasteiger partial charge in [-0.25, -0.2) is 4.39 Å². The van der Waals surface area contributed by atoms with E-state index in [1.165, 1.54) is 12.1 Å². The molecule has 0 aromatic heterocycles. The number of carbonyl (C=O) groups excluding carboxylic acids is 2. The van der Waals surface area contributed by atoms with Crippen LogP contribution in [0.5, 0.6) is 0 Å². The number of carbonyl (C=O) groups is 2. The van der Waals surface area contributed by atoms with Crippen molar-refractivity contribution in [1.29, 1.82) is 0 Å². The molecule has 2 heterocycles. The van der Waals surface area contributed by atoms with Crippen LogP contribution in [0, 0.1) is 11.7 Å². The Balaban J connectivity index is 0.00000280. The first-order valence-electron chi connectivity index (χ1n) is 9.84. The molecule has 2 fully saturated rings. The summed E-state index contributed by atoms with van der Waals surface area (Å²) in [5.41, 5.74) is 0.469. The van der Waals surface area contributed by atoms with Gasteiger partial charge in [-0.1, -0.05) is 6.07 Å². The van der Waals surface area contributed by atoms with E-state index in [0.717, 1.165) is 45.3 Å². The highest BCUT2D eigenvalue weighted by atomic mass is 35.5. The van der Waals surface area contributed by atoms with Gasteiger partial charge in [-0.2, -0.15) is 0 Å². The third kappa shape index (κ3) is 6.15. The number of likely N-dealkylation sites (tertiary alicyclic amines) is 1. The molecular formula is C20H30ClFN4O2. The molecule has 156 valence electrons. The molecule has 0 bridgehead atoms. The second-order valence-corrected chi connectivity index (χ2v) is 7.57. The normalized spacial score (nSPS) is 23.5. The highest BCUT2D eigenvalue weighted by Gasteiger charge is 2.28. The molecule has 2 aliphatic heterocycles. The largest absolute Gasteiger partial charge is 0.354 e.